The number of fused-ring (bicyclic) bond motifs is 1. The fourth-order valence-corrected chi connectivity index (χ4v) is 7.68. The predicted molar refractivity (Wildman–Crippen MR) is 147 cm³/mol. The Morgan fingerprint density at radius 1 is 1.53 bits per heavy atom. The van der Waals surface area contributed by atoms with Crippen molar-refractivity contribution in [1.29, 1.82) is 0 Å². The van der Waals surface area contributed by atoms with Crippen LogP contribution in [0.25, 0.3) is 5.57 Å². The van der Waals surface area contributed by atoms with E-state index >= 15 is 0 Å². The van der Waals surface area contributed by atoms with Crippen molar-refractivity contribution in [3.05, 3.63) is 40.4 Å². The largest absolute Gasteiger partial charge is 0.457 e. The summed E-state index contributed by atoms with van der Waals surface area (Å²) < 4.78 is 11.8. The second-order valence-electron chi connectivity index (χ2n) is 7.76. The maximum absolute atomic E-state index is 13.0. The molecule has 7 nitrogen and oxygen atoms in total. The first-order valence-corrected chi connectivity index (χ1v) is 15.6. The summed E-state index contributed by atoms with van der Waals surface area (Å²) >= 11 is 5.08. The Hall–Kier alpha value is -1.30. The molecule has 1 N–H and O–H groups in total. The van der Waals surface area contributed by atoms with Gasteiger partial charge in [0, 0.05) is 44.0 Å². The third-order valence-electron chi connectivity index (χ3n) is 5.88. The normalized spacial score (nSPS) is 24.4. The van der Waals surface area contributed by atoms with Gasteiger partial charge in [0.2, 0.25) is 5.91 Å². The molecule has 0 saturated carbocycles. The number of hydrogen-bond donors (Lipinski definition) is 1. The van der Waals surface area contributed by atoms with Crippen molar-refractivity contribution < 1.29 is 18.5 Å². The van der Waals surface area contributed by atoms with E-state index in [4.69, 9.17) is 13.9 Å². The van der Waals surface area contributed by atoms with Crippen LogP contribution in [0, 0.1) is 24.7 Å². The number of ether oxygens (including phenoxy) is 1. The van der Waals surface area contributed by atoms with Crippen LogP contribution in [0.4, 0.5) is 0 Å². The zero-order valence-corrected chi connectivity index (χ0v) is 23.5. The second-order valence-corrected chi connectivity index (χ2v) is 11.3. The third-order valence-corrected chi connectivity index (χ3v) is 9.10. The molecule has 4 atom stereocenters. The fraction of sp³-hybridized carbons (Fsp3) is 0.435. The number of aromatic nitrogens is 1. The number of esters is 1. The second kappa shape index (κ2) is 12.6. The highest BCUT2D eigenvalue weighted by Crippen LogP contribution is 2.53. The Balaban J connectivity index is 0.00000158. The SMILES string of the molecule is C#C.C=CCOC(=O)C1=C(Sc2nc(C3=CCNCC3)cs2)[C@H](C)C2[C@@H]([C@@H](C)OSI)C(=O)N12. The van der Waals surface area contributed by atoms with Gasteiger partial charge in [-0.15, -0.1) is 24.2 Å². The van der Waals surface area contributed by atoms with Gasteiger partial charge in [0.25, 0.3) is 0 Å². The lowest BCUT2D eigenvalue weighted by Gasteiger charge is -2.47. The van der Waals surface area contributed by atoms with E-state index in [2.05, 4.69) is 64.3 Å². The smallest absolute Gasteiger partial charge is 0.356 e. The summed E-state index contributed by atoms with van der Waals surface area (Å²) in [6.07, 6.45) is 12.4. The van der Waals surface area contributed by atoms with Gasteiger partial charge in [0.15, 0.2) is 4.34 Å². The average Bonchev–Trinajstić information content (AvgIpc) is 3.41. The van der Waals surface area contributed by atoms with Crippen LogP contribution in [0.15, 0.2) is 39.1 Å². The molecule has 0 radical (unpaired) electrons. The summed E-state index contributed by atoms with van der Waals surface area (Å²) in [5.74, 6) is -0.909. The molecule has 0 spiro atoms. The number of β-lactam (4-membered cyclic amide) rings is 1. The number of rotatable bonds is 9. The number of thiazole rings is 1. The lowest BCUT2D eigenvalue weighted by Crippen LogP contribution is -2.63. The average molecular weight is 632 g/mol. The zero-order valence-electron chi connectivity index (χ0n) is 18.9. The maximum atomic E-state index is 13.0. The van der Waals surface area contributed by atoms with Crippen LogP contribution in [0.5, 0.6) is 0 Å². The van der Waals surface area contributed by atoms with E-state index in [0.29, 0.717) is 5.70 Å². The number of amides is 1. The summed E-state index contributed by atoms with van der Waals surface area (Å²) in [4.78, 5) is 33.2. The summed E-state index contributed by atoms with van der Waals surface area (Å²) in [6, 6.07) is -0.124. The molecule has 1 saturated heterocycles. The first-order chi connectivity index (χ1) is 16.5. The van der Waals surface area contributed by atoms with Gasteiger partial charge < -0.3 is 19.1 Å². The summed E-state index contributed by atoms with van der Waals surface area (Å²) in [7, 11) is 1.22. The molecule has 1 aromatic rings. The maximum Gasteiger partial charge on any atom is 0.356 e. The molecular weight excluding hydrogens is 605 g/mol. The van der Waals surface area contributed by atoms with Crippen molar-refractivity contribution >= 4 is 71.0 Å². The first kappa shape index (κ1) is 27.3. The molecule has 0 aromatic carbocycles. The molecule has 0 bridgehead atoms. The van der Waals surface area contributed by atoms with Crippen molar-refractivity contribution in [3.8, 4) is 12.8 Å². The number of nitrogens with zero attached hydrogens (tertiary/aromatic N) is 2. The van der Waals surface area contributed by atoms with E-state index < -0.39 is 5.97 Å². The number of carbonyl (C=O) groups is 2. The highest BCUT2D eigenvalue weighted by molar-refractivity contribution is 14.2. The van der Waals surface area contributed by atoms with Gasteiger partial charge >= 0.3 is 5.97 Å². The lowest BCUT2D eigenvalue weighted by molar-refractivity contribution is -0.162. The van der Waals surface area contributed by atoms with Gasteiger partial charge in [0.05, 0.1) is 33.0 Å². The molecule has 3 aliphatic rings. The van der Waals surface area contributed by atoms with Crippen LogP contribution in [0.3, 0.4) is 0 Å². The molecule has 34 heavy (non-hydrogen) atoms. The van der Waals surface area contributed by atoms with Crippen LogP contribution >= 0.6 is 53.5 Å². The Bertz CT molecular complexity index is 1020. The summed E-state index contributed by atoms with van der Waals surface area (Å²) in [5, 5.41) is 5.37. The lowest BCUT2D eigenvalue weighted by atomic mass is 9.79. The molecule has 11 heteroatoms. The molecule has 1 unspecified atom stereocenters. The van der Waals surface area contributed by atoms with E-state index in [-0.39, 0.29) is 36.5 Å². The molecule has 3 aliphatic heterocycles. The van der Waals surface area contributed by atoms with Crippen LogP contribution in [0.2, 0.25) is 0 Å². The highest BCUT2D eigenvalue weighted by Gasteiger charge is 2.61. The van der Waals surface area contributed by atoms with Crippen molar-refractivity contribution in [2.75, 3.05) is 19.7 Å². The molecular formula is C23H26IN3O4S3. The van der Waals surface area contributed by atoms with Gasteiger partial charge in [-0.1, -0.05) is 37.4 Å². The Labute approximate surface area is 225 Å². The van der Waals surface area contributed by atoms with Crippen LogP contribution in [-0.2, 0) is 18.5 Å². The third kappa shape index (κ3) is 5.42. The summed E-state index contributed by atoms with van der Waals surface area (Å²) in [5.41, 5.74) is 2.56. The van der Waals surface area contributed by atoms with Gasteiger partial charge in [0.1, 0.15) is 12.3 Å². The van der Waals surface area contributed by atoms with Gasteiger partial charge in [-0.05, 0) is 25.5 Å². The monoisotopic (exact) mass is 631 g/mol. The van der Waals surface area contributed by atoms with Crippen molar-refractivity contribution in [1.82, 2.24) is 15.2 Å². The van der Waals surface area contributed by atoms with Gasteiger partial charge in [-0.2, -0.15) is 0 Å². The number of terminal acetylenes is 1. The van der Waals surface area contributed by atoms with Crippen molar-refractivity contribution in [3.63, 3.8) is 0 Å². The number of halogens is 1. The minimum absolute atomic E-state index is 0.0234. The Kier molecular flexibility index (Phi) is 10.1. The van der Waals surface area contributed by atoms with Gasteiger partial charge in [-0.3, -0.25) is 4.79 Å². The number of thioether (sulfide) groups is 1. The van der Waals surface area contributed by atoms with Crippen LogP contribution in [0.1, 0.15) is 26.0 Å². The van der Waals surface area contributed by atoms with E-state index in [1.165, 1.54) is 32.6 Å². The first-order valence-electron chi connectivity index (χ1n) is 10.6. The van der Waals surface area contributed by atoms with Crippen molar-refractivity contribution in [2.24, 2.45) is 11.8 Å². The number of nitrogens with one attached hydrogen (secondary N) is 1. The van der Waals surface area contributed by atoms with E-state index in [0.717, 1.165) is 34.4 Å². The Morgan fingerprint density at radius 3 is 2.94 bits per heavy atom. The molecule has 182 valence electrons. The number of carbonyl (C=O) groups excluding carboxylic acids is 2. The number of hydrogen-bond acceptors (Lipinski definition) is 9. The minimum Gasteiger partial charge on any atom is -0.457 e. The van der Waals surface area contributed by atoms with Crippen LogP contribution in [-0.4, -0.2) is 53.6 Å². The minimum atomic E-state index is -0.497. The topological polar surface area (TPSA) is 80.8 Å². The Morgan fingerprint density at radius 2 is 2.29 bits per heavy atom. The van der Waals surface area contributed by atoms with E-state index in [1.54, 1.807) is 16.2 Å². The van der Waals surface area contributed by atoms with E-state index in [1.807, 2.05) is 6.92 Å². The molecule has 4 heterocycles. The van der Waals surface area contributed by atoms with Crippen LogP contribution < -0.4 is 5.32 Å². The predicted octanol–water partition coefficient (Wildman–Crippen LogP) is 4.68. The molecule has 1 aromatic heterocycles. The standard InChI is InChI=1S/C21H24IN3O4S3.C2H2/c1-4-9-28-20(27)17-18(11(2)16-15(12(3)29-32-22)19(26)25(16)17)31-21-24-14(10-30-21)13-5-7-23-8-6-13;1-2/h4-5,10-12,15-16,23H,1,6-9H2,2-3H3;1-2H/t11-,12-,15-,16?;/m1./s1. The molecule has 1 fully saturated rings. The zero-order chi connectivity index (χ0) is 24.8. The molecule has 4 rings (SSSR count). The molecule has 1 amide bonds. The summed E-state index contributed by atoms with van der Waals surface area (Å²) in [6.45, 7) is 9.47. The highest BCUT2D eigenvalue weighted by atomic mass is 127. The van der Waals surface area contributed by atoms with Gasteiger partial charge in [-0.25, -0.2) is 9.78 Å². The van der Waals surface area contributed by atoms with Crippen molar-refractivity contribution in [2.45, 2.75) is 36.8 Å². The molecule has 0 aliphatic carbocycles. The quantitative estimate of drug-likeness (QED) is 0.105. The van der Waals surface area contributed by atoms with E-state index in [9.17, 15) is 9.59 Å². The fourth-order valence-electron chi connectivity index (χ4n) is 4.36.